The fraction of sp³-hybridized carbons (Fsp3) is 0.462. The molecule has 1 heterocycles. The topological polar surface area (TPSA) is 83.7 Å². The number of carbonyl (C=O) groups excluding carboxylic acids is 1. The molecule has 0 aromatic heterocycles. The van der Waals surface area contributed by atoms with Crippen molar-refractivity contribution in [3.8, 4) is 0 Å². The lowest BCUT2D eigenvalue weighted by atomic mass is 10.2. The Kier molecular flexibility index (Phi) is 4.74. The fourth-order valence-corrected chi connectivity index (χ4v) is 2.98. The number of benzene rings is 1. The van der Waals surface area contributed by atoms with Crippen LogP contribution in [0.3, 0.4) is 0 Å². The van der Waals surface area contributed by atoms with Gasteiger partial charge in [-0.15, -0.1) is 0 Å². The Morgan fingerprint density at radius 1 is 1.20 bits per heavy atom. The Bertz CT molecular complexity index is 553. The predicted octanol–water partition coefficient (Wildman–Crippen LogP) is 0.428. The summed E-state index contributed by atoms with van der Waals surface area (Å²) >= 11 is 0. The zero-order chi connectivity index (χ0) is 14.6. The zero-order valence-electron chi connectivity index (χ0n) is 11.2. The van der Waals surface area contributed by atoms with Crippen LogP contribution in [0, 0.1) is 0 Å². The fourth-order valence-electron chi connectivity index (χ4n) is 2.31. The van der Waals surface area contributed by atoms with E-state index in [1.807, 2.05) is 0 Å². The highest BCUT2D eigenvalue weighted by molar-refractivity contribution is 7.87. The molecular weight excluding hydrogens is 278 g/mol. The lowest BCUT2D eigenvalue weighted by Gasteiger charge is -2.23. The average Bonchev–Trinajstić information content (AvgIpc) is 2.91. The largest absolute Gasteiger partial charge is 0.302 e. The third kappa shape index (κ3) is 3.78. The highest BCUT2D eigenvalue weighted by Crippen LogP contribution is 2.10. The minimum absolute atomic E-state index is 0.0898. The van der Waals surface area contributed by atoms with Crippen molar-refractivity contribution < 1.29 is 13.2 Å². The molecule has 0 aliphatic carbocycles. The Balaban J connectivity index is 2.09. The van der Waals surface area contributed by atoms with Crippen molar-refractivity contribution >= 4 is 16.1 Å². The summed E-state index contributed by atoms with van der Waals surface area (Å²) in [4.78, 5) is 14.4. The van der Waals surface area contributed by atoms with E-state index in [1.54, 1.807) is 30.3 Å². The van der Waals surface area contributed by atoms with E-state index in [0.717, 1.165) is 30.2 Å². The second kappa shape index (κ2) is 6.34. The van der Waals surface area contributed by atoms with Gasteiger partial charge in [-0.1, -0.05) is 18.2 Å². The Morgan fingerprint density at radius 2 is 1.80 bits per heavy atom. The number of nitrogens with zero attached hydrogens (tertiary/aromatic N) is 2. The van der Waals surface area contributed by atoms with Gasteiger partial charge in [0.1, 0.15) is 0 Å². The first-order chi connectivity index (χ1) is 9.48. The molecule has 1 aromatic rings. The Morgan fingerprint density at radius 3 is 2.35 bits per heavy atom. The summed E-state index contributed by atoms with van der Waals surface area (Å²) in [5.74, 6) is -0.577. The molecule has 2 rings (SSSR count). The van der Waals surface area contributed by atoms with Crippen LogP contribution in [0.1, 0.15) is 23.2 Å². The van der Waals surface area contributed by atoms with Gasteiger partial charge in [-0.3, -0.25) is 4.79 Å². The molecule has 0 unspecified atom stereocenters. The monoisotopic (exact) mass is 297 g/mol. The number of carbonyl (C=O) groups is 1. The number of amides is 1. The first-order valence-corrected chi connectivity index (χ1v) is 8.11. The molecule has 2 N–H and O–H groups in total. The van der Waals surface area contributed by atoms with E-state index in [-0.39, 0.29) is 6.54 Å². The molecule has 1 fully saturated rings. The predicted molar refractivity (Wildman–Crippen MR) is 76.3 cm³/mol. The molecule has 7 heteroatoms. The molecule has 1 aliphatic rings. The van der Waals surface area contributed by atoms with Gasteiger partial charge in [-0.2, -0.15) is 8.42 Å². The smallest absolute Gasteiger partial charge is 0.301 e. The first kappa shape index (κ1) is 15.0. The molecule has 20 heavy (non-hydrogen) atoms. The highest BCUT2D eigenvalue weighted by atomic mass is 32.2. The maximum absolute atomic E-state index is 12.2. The van der Waals surface area contributed by atoms with Crippen molar-refractivity contribution in [2.75, 3.05) is 26.2 Å². The van der Waals surface area contributed by atoms with Crippen LogP contribution in [0.25, 0.3) is 0 Å². The van der Waals surface area contributed by atoms with E-state index in [4.69, 9.17) is 5.14 Å². The van der Waals surface area contributed by atoms with Gasteiger partial charge in [0.05, 0.1) is 6.54 Å². The number of hydrogen-bond acceptors (Lipinski definition) is 4. The summed E-state index contributed by atoms with van der Waals surface area (Å²) in [6.45, 7) is 2.50. The van der Waals surface area contributed by atoms with Gasteiger partial charge in [-0.25, -0.2) is 9.44 Å². The quantitative estimate of drug-likeness (QED) is 0.854. The van der Waals surface area contributed by atoms with E-state index in [9.17, 15) is 13.2 Å². The van der Waals surface area contributed by atoms with E-state index < -0.39 is 16.1 Å². The van der Waals surface area contributed by atoms with E-state index in [2.05, 4.69) is 4.90 Å². The molecule has 0 atom stereocenters. The van der Waals surface area contributed by atoms with Gasteiger partial charge >= 0.3 is 10.2 Å². The minimum atomic E-state index is -4.05. The molecule has 6 nitrogen and oxygen atoms in total. The average molecular weight is 297 g/mol. The van der Waals surface area contributed by atoms with Crippen molar-refractivity contribution in [3.63, 3.8) is 0 Å². The van der Waals surface area contributed by atoms with Gasteiger partial charge < -0.3 is 4.90 Å². The number of hydrogen-bond donors (Lipinski definition) is 1. The van der Waals surface area contributed by atoms with Crippen molar-refractivity contribution in [3.05, 3.63) is 35.9 Å². The molecule has 0 radical (unpaired) electrons. The summed E-state index contributed by atoms with van der Waals surface area (Å²) in [7, 11) is -4.05. The van der Waals surface area contributed by atoms with Crippen LogP contribution >= 0.6 is 0 Å². The summed E-state index contributed by atoms with van der Waals surface area (Å²) < 4.78 is 24.0. The summed E-state index contributed by atoms with van der Waals surface area (Å²) in [5.41, 5.74) is 0.322. The number of nitrogens with two attached hydrogens (primary N) is 1. The molecule has 110 valence electrons. The second-order valence-electron chi connectivity index (χ2n) is 4.84. The Labute approximate surface area is 119 Å². The van der Waals surface area contributed by atoms with Crippen molar-refractivity contribution in [2.45, 2.75) is 12.8 Å². The van der Waals surface area contributed by atoms with E-state index in [1.165, 1.54) is 0 Å². The number of likely N-dealkylation sites (tertiary alicyclic amines) is 1. The van der Waals surface area contributed by atoms with Gasteiger partial charge in [0.15, 0.2) is 0 Å². The molecule has 0 saturated carbocycles. The van der Waals surface area contributed by atoms with Crippen LogP contribution in [0.15, 0.2) is 30.3 Å². The van der Waals surface area contributed by atoms with Crippen LogP contribution < -0.4 is 5.14 Å². The first-order valence-electron chi connectivity index (χ1n) is 6.60. The zero-order valence-corrected chi connectivity index (χ0v) is 12.1. The van der Waals surface area contributed by atoms with Crippen molar-refractivity contribution in [1.29, 1.82) is 0 Å². The SMILES string of the molecule is NS(=O)(=O)N(CCN1CCCC1)C(=O)c1ccccc1. The standard InChI is InChI=1S/C13H19N3O3S/c14-20(18,19)16(11-10-15-8-4-5-9-15)13(17)12-6-2-1-3-7-12/h1-3,6-7H,4-5,8-11H2,(H2,14,18,19). The Hall–Kier alpha value is -1.44. The van der Waals surface area contributed by atoms with Crippen LogP contribution in [0.5, 0.6) is 0 Å². The normalized spacial score (nSPS) is 16.2. The van der Waals surface area contributed by atoms with Gasteiger partial charge in [0.25, 0.3) is 5.91 Å². The van der Waals surface area contributed by atoms with E-state index >= 15 is 0 Å². The summed E-state index contributed by atoms with van der Waals surface area (Å²) in [6.07, 6.45) is 2.23. The van der Waals surface area contributed by atoms with Gasteiger partial charge in [0, 0.05) is 12.1 Å². The molecule has 1 amide bonds. The maximum atomic E-state index is 12.2. The van der Waals surface area contributed by atoms with Crippen LogP contribution in [-0.2, 0) is 10.2 Å². The van der Waals surface area contributed by atoms with E-state index in [0.29, 0.717) is 12.1 Å². The van der Waals surface area contributed by atoms with Gasteiger partial charge in [0.2, 0.25) is 0 Å². The number of rotatable bonds is 5. The van der Waals surface area contributed by atoms with Crippen LogP contribution in [0.4, 0.5) is 0 Å². The van der Waals surface area contributed by atoms with Gasteiger partial charge in [-0.05, 0) is 38.1 Å². The third-order valence-electron chi connectivity index (χ3n) is 3.37. The molecular formula is C13H19N3O3S. The minimum Gasteiger partial charge on any atom is -0.302 e. The second-order valence-corrected chi connectivity index (χ2v) is 6.31. The molecule has 1 saturated heterocycles. The third-order valence-corrected chi connectivity index (χ3v) is 4.34. The van der Waals surface area contributed by atoms with Crippen molar-refractivity contribution in [2.24, 2.45) is 5.14 Å². The molecule has 1 aromatic carbocycles. The van der Waals surface area contributed by atoms with Crippen molar-refractivity contribution in [1.82, 2.24) is 9.21 Å². The molecule has 0 bridgehead atoms. The summed E-state index contributed by atoms with van der Waals surface area (Å²) in [5, 5.41) is 5.16. The maximum Gasteiger partial charge on any atom is 0.301 e. The lowest BCUT2D eigenvalue weighted by molar-refractivity contribution is 0.0853. The van der Waals surface area contributed by atoms with Crippen LogP contribution in [-0.4, -0.2) is 49.7 Å². The summed E-state index contributed by atoms with van der Waals surface area (Å²) in [6, 6.07) is 8.30. The van der Waals surface area contributed by atoms with Crippen LogP contribution in [0.2, 0.25) is 0 Å². The molecule has 0 spiro atoms. The highest BCUT2D eigenvalue weighted by Gasteiger charge is 2.26. The molecule has 1 aliphatic heterocycles. The lowest BCUT2D eigenvalue weighted by Crippen LogP contribution is -2.45.